The van der Waals surface area contributed by atoms with E-state index in [4.69, 9.17) is 0 Å². The summed E-state index contributed by atoms with van der Waals surface area (Å²) in [6, 6.07) is 21.6. The van der Waals surface area contributed by atoms with E-state index in [9.17, 15) is 0 Å². The third-order valence-corrected chi connectivity index (χ3v) is 5.42. The molecule has 0 aliphatic carbocycles. The van der Waals surface area contributed by atoms with Crippen LogP contribution in [0.5, 0.6) is 0 Å². The molecule has 4 rings (SSSR count). The highest BCUT2D eigenvalue weighted by Crippen LogP contribution is 2.33. The largest absolute Gasteiger partial charge is 0.311 e. The molecule has 0 aliphatic heterocycles. The lowest BCUT2D eigenvalue weighted by Crippen LogP contribution is -2.30. The minimum atomic E-state index is 0.459. The molecule has 2 aromatic carbocycles. The van der Waals surface area contributed by atoms with Crippen LogP contribution in [0.2, 0.25) is 0 Å². The van der Waals surface area contributed by atoms with Gasteiger partial charge in [-0.2, -0.15) is 4.57 Å². The zero-order valence-electron chi connectivity index (χ0n) is 17.3. The standard InChI is InChI=1S/C25H28N3/c1-18(2)22-13-9-10-14-23(22)28-20(4)17-19(3)24(28)25-26(5)15-16-27(25)21-11-7-6-8-12-21/h6-18H,1-5H3/q+1. The molecular weight excluding hydrogens is 342 g/mol. The molecule has 3 nitrogen and oxygen atoms in total. The Bertz CT molecular complexity index is 1110. The van der Waals surface area contributed by atoms with E-state index in [1.165, 1.54) is 39.7 Å². The SMILES string of the molecule is Cc1cc(C)n(-c2ccccc2C(C)C)c1-c1n(-c2ccccc2)cc[n+]1C. The Morgan fingerprint density at radius 2 is 1.57 bits per heavy atom. The predicted molar refractivity (Wildman–Crippen MR) is 115 cm³/mol. The highest BCUT2D eigenvalue weighted by molar-refractivity contribution is 5.64. The van der Waals surface area contributed by atoms with Crippen molar-refractivity contribution in [1.82, 2.24) is 9.13 Å². The first-order valence-electron chi connectivity index (χ1n) is 9.90. The molecule has 2 aromatic heterocycles. The van der Waals surface area contributed by atoms with Crippen molar-refractivity contribution in [3.63, 3.8) is 0 Å². The molecule has 0 saturated carbocycles. The van der Waals surface area contributed by atoms with E-state index >= 15 is 0 Å². The maximum atomic E-state index is 2.42. The van der Waals surface area contributed by atoms with E-state index in [0.717, 1.165) is 0 Å². The van der Waals surface area contributed by atoms with Crippen molar-refractivity contribution in [1.29, 1.82) is 0 Å². The zero-order chi connectivity index (χ0) is 19.8. The summed E-state index contributed by atoms with van der Waals surface area (Å²) in [6.07, 6.45) is 4.27. The van der Waals surface area contributed by atoms with Crippen LogP contribution >= 0.6 is 0 Å². The molecule has 0 atom stereocenters. The van der Waals surface area contributed by atoms with Gasteiger partial charge in [0, 0.05) is 11.4 Å². The number of aromatic nitrogens is 3. The minimum absolute atomic E-state index is 0.459. The number of rotatable bonds is 4. The highest BCUT2D eigenvalue weighted by atomic mass is 15.2. The molecular formula is C25H28N3+. The number of imidazole rings is 1. The third kappa shape index (κ3) is 2.97. The van der Waals surface area contributed by atoms with E-state index in [1.807, 2.05) is 0 Å². The predicted octanol–water partition coefficient (Wildman–Crippen LogP) is 5.50. The van der Waals surface area contributed by atoms with Gasteiger partial charge in [-0.1, -0.05) is 50.2 Å². The van der Waals surface area contributed by atoms with Gasteiger partial charge in [-0.25, -0.2) is 4.57 Å². The van der Waals surface area contributed by atoms with Crippen LogP contribution in [0.25, 0.3) is 22.9 Å². The van der Waals surface area contributed by atoms with Crippen molar-refractivity contribution >= 4 is 0 Å². The van der Waals surface area contributed by atoms with Gasteiger partial charge in [0.15, 0.2) is 0 Å². The summed E-state index contributed by atoms with van der Waals surface area (Å²) in [5.41, 5.74) is 7.56. The summed E-state index contributed by atoms with van der Waals surface area (Å²) in [5, 5.41) is 0. The van der Waals surface area contributed by atoms with Gasteiger partial charge in [-0.15, -0.1) is 0 Å². The van der Waals surface area contributed by atoms with Gasteiger partial charge in [0.05, 0.1) is 7.05 Å². The van der Waals surface area contributed by atoms with Crippen molar-refractivity contribution in [3.05, 3.63) is 89.9 Å². The fourth-order valence-corrected chi connectivity index (χ4v) is 4.12. The quantitative estimate of drug-likeness (QED) is 0.421. The molecule has 0 bridgehead atoms. The maximum Gasteiger partial charge on any atom is 0.311 e. The lowest BCUT2D eigenvalue weighted by atomic mass is 10.0. The zero-order valence-corrected chi connectivity index (χ0v) is 17.3. The van der Waals surface area contributed by atoms with Crippen molar-refractivity contribution < 1.29 is 4.57 Å². The first-order valence-corrected chi connectivity index (χ1v) is 9.90. The first kappa shape index (κ1) is 18.3. The van der Waals surface area contributed by atoms with Crippen LogP contribution in [-0.2, 0) is 7.05 Å². The molecule has 0 aliphatic rings. The number of para-hydroxylation sites is 2. The van der Waals surface area contributed by atoms with E-state index in [2.05, 4.69) is 122 Å². The molecule has 2 heterocycles. The van der Waals surface area contributed by atoms with Gasteiger partial charge in [-0.3, -0.25) is 0 Å². The molecule has 0 unspecified atom stereocenters. The Kier molecular flexibility index (Phi) is 4.68. The van der Waals surface area contributed by atoms with Crippen LogP contribution in [0.1, 0.15) is 36.6 Å². The van der Waals surface area contributed by atoms with Crippen LogP contribution in [-0.4, -0.2) is 9.13 Å². The second-order valence-corrected chi connectivity index (χ2v) is 7.80. The van der Waals surface area contributed by atoms with E-state index < -0.39 is 0 Å². The van der Waals surface area contributed by atoms with Crippen molar-refractivity contribution in [2.24, 2.45) is 7.05 Å². The highest BCUT2D eigenvalue weighted by Gasteiger charge is 2.27. The van der Waals surface area contributed by atoms with E-state index in [-0.39, 0.29) is 0 Å². The first-order chi connectivity index (χ1) is 13.5. The second kappa shape index (κ2) is 7.16. The summed E-state index contributed by atoms with van der Waals surface area (Å²) >= 11 is 0. The van der Waals surface area contributed by atoms with Crippen LogP contribution in [0, 0.1) is 13.8 Å². The van der Waals surface area contributed by atoms with E-state index in [1.54, 1.807) is 0 Å². The van der Waals surface area contributed by atoms with Gasteiger partial charge in [0.1, 0.15) is 23.8 Å². The van der Waals surface area contributed by atoms with Crippen molar-refractivity contribution in [2.75, 3.05) is 0 Å². The van der Waals surface area contributed by atoms with Crippen LogP contribution in [0.3, 0.4) is 0 Å². The van der Waals surface area contributed by atoms with Gasteiger partial charge in [0.2, 0.25) is 0 Å². The van der Waals surface area contributed by atoms with Crippen LogP contribution in [0.15, 0.2) is 73.1 Å². The molecule has 0 spiro atoms. The van der Waals surface area contributed by atoms with Crippen LogP contribution < -0.4 is 4.57 Å². The fourth-order valence-electron chi connectivity index (χ4n) is 4.12. The topological polar surface area (TPSA) is 13.7 Å². The molecule has 0 radical (unpaired) electrons. The van der Waals surface area contributed by atoms with E-state index in [0.29, 0.717) is 5.92 Å². The number of hydrogen-bond acceptors (Lipinski definition) is 0. The summed E-state index contributed by atoms with van der Waals surface area (Å²) < 4.78 is 6.90. The summed E-state index contributed by atoms with van der Waals surface area (Å²) in [4.78, 5) is 0. The van der Waals surface area contributed by atoms with Gasteiger partial charge < -0.3 is 4.57 Å². The van der Waals surface area contributed by atoms with Crippen molar-refractivity contribution in [3.8, 4) is 22.9 Å². The average Bonchev–Trinajstić information content (AvgIpc) is 3.20. The third-order valence-electron chi connectivity index (χ3n) is 5.42. The number of hydrogen-bond donors (Lipinski definition) is 0. The molecule has 0 fully saturated rings. The maximum absolute atomic E-state index is 2.42. The van der Waals surface area contributed by atoms with Crippen molar-refractivity contribution in [2.45, 2.75) is 33.6 Å². The Labute approximate surface area is 167 Å². The van der Waals surface area contributed by atoms with Gasteiger partial charge in [0.25, 0.3) is 0 Å². The normalized spacial score (nSPS) is 11.4. The monoisotopic (exact) mass is 370 g/mol. The molecule has 4 aromatic rings. The molecule has 142 valence electrons. The molecule has 0 amide bonds. The van der Waals surface area contributed by atoms with Gasteiger partial charge >= 0.3 is 5.82 Å². The summed E-state index contributed by atoms with van der Waals surface area (Å²) in [5.74, 6) is 1.64. The summed E-state index contributed by atoms with van der Waals surface area (Å²) in [6.45, 7) is 8.93. The second-order valence-electron chi connectivity index (χ2n) is 7.80. The Morgan fingerprint density at radius 3 is 2.29 bits per heavy atom. The Balaban J connectivity index is 2.02. The Hall–Kier alpha value is -3.07. The van der Waals surface area contributed by atoms with Crippen LogP contribution in [0.4, 0.5) is 0 Å². The number of nitrogens with zero attached hydrogens (tertiary/aromatic N) is 3. The smallest absolute Gasteiger partial charge is 0.307 e. The number of benzene rings is 2. The average molecular weight is 371 g/mol. The lowest BCUT2D eigenvalue weighted by Gasteiger charge is -2.18. The fraction of sp³-hybridized carbons (Fsp3) is 0.240. The Morgan fingerprint density at radius 1 is 0.893 bits per heavy atom. The number of aryl methyl sites for hydroxylation is 3. The molecule has 0 N–H and O–H groups in total. The lowest BCUT2D eigenvalue weighted by molar-refractivity contribution is -0.659. The molecule has 28 heavy (non-hydrogen) atoms. The summed E-state index contributed by atoms with van der Waals surface area (Å²) in [7, 11) is 2.12. The molecule has 0 saturated heterocycles. The van der Waals surface area contributed by atoms with Gasteiger partial charge in [-0.05, 0) is 55.2 Å². The molecule has 3 heteroatoms. The minimum Gasteiger partial charge on any atom is -0.307 e.